The van der Waals surface area contributed by atoms with E-state index in [2.05, 4.69) is 12.2 Å². The van der Waals surface area contributed by atoms with Gasteiger partial charge in [-0.15, -0.1) is 0 Å². The maximum Gasteiger partial charge on any atom is 1.00 e. The Labute approximate surface area is 223 Å². The van der Waals surface area contributed by atoms with Crippen LogP contribution in [0.5, 0.6) is 0 Å². The zero-order chi connectivity index (χ0) is 22.3. The second kappa shape index (κ2) is 18.3. The molecule has 3 N–H and O–H groups in total. The Morgan fingerprint density at radius 2 is 1.63 bits per heavy atom. The van der Waals surface area contributed by atoms with E-state index in [4.69, 9.17) is 0 Å². The summed E-state index contributed by atoms with van der Waals surface area (Å²) in [6.45, 7) is 6.57. The molecule has 0 aromatic rings. The second-order valence-corrected chi connectivity index (χ2v) is 7.56. The van der Waals surface area contributed by atoms with Crippen LogP contribution in [-0.4, -0.2) is 71.9 Å². The second-order valence-electron chi connectivity index (χ2n) is 7.56. The first-order valence-electron chi connectivity index (χ1n) is 10.6. The monoisotopic (exact) mass is 453 g/mol. The van der Waals surface area contributed by atoms with E-state index in [0.717, 1.165) is 12.8 Å². The molecule has 1 amide bonds. The van der Waals surface area contributed by atoms with Crippen molar-refractivity contribution in [1.29, 1.82) is 0 Å². The predicted molar refractivity (Wildman–Crippen MR) is 109 cm³/mol. The van der Waals surface area contributed by atoms with Gasteiger partial charge in [-0.2, -0.15) is 0 Å². The summed E-state index contributed by atoms with van der Waals surface area (Å²) in [5, 5.41) is 33.4. The molecule has 30 heavy (non-hydrogen) atoms. The minimum atomic E-state index is -1.18. The third kappa shape index (κ3) is 13.2. The van der Waals surface area contributed by atoms with Crippen LogP contribution in [0, 0.1) is 11.8 Å². The quantitative estimate of drug-likeness (QED) is 0.127. The van der Waals surface area contributed by atoms with Crippen molar-refractivity contribution >= 4 is 17.8 Å². The van der Waals surface area contributed by atoms with Gasteiger partial charge in [0.2, 0.25) is 5.91 Å². The first kappa shape index (κ1) is 31.9. The molecule has 0 aromatic heterocycles. The molecule has 0 aliphatic rings. The van der Waals surface area contributed by atoms with Crippen LogP contribution in [-0.2, 0) is 14.4 Å². The number of carboxylic acid groups (broad SMARTS) is 2. The third-order valence-electron chi connectivity index (χ3n) is 5.29. The van der Waals surface area contributed by atoms with E-state index in [1.54, 1.807) is 13.8 Å². The normalized spacial score (nSPS) is 15.1. The standard InChI is InChI=1S/C21H38N2O6.K/c1-4-7-8-9-10-19(25)22-11-12-23(13-14-24,15-17(5-2)20(26)27)16-18(6-3)21(28)29;/h8-9,17-18,24H,4-7,10-16H2,1-3H3,(H2-,22,25,26,27,28,29);/q;+1/b9-8+;. The summed E-state index contributed by atoms with van der Waals surface area (Å²) in [6.07, 6.45) is 6.72. The van der Waals surface area contributed by atoms with E-state index in [-0.39, 0.29) is 101 Å². The Bertz CT molecular complexity index is 518. The van der Waals surface area contributed by atoms with Crippen LogP contribution in [0.4, 0.5) is 0 Å². The molecule has 0 heterocycles. The number of amides is 1. The van der Waals surface area contributed by atoms with Crippen LogP contribution in [0.1, 0.15) is 52.9 Å². The number of aliphatic carboxylic acids is 2. The minimum Gasteiger partial charge on any atom is -0.550 e. The minimum absolute atomic E-state index is 0. The zero-order valence-corrected chi connectivity index (χ0v) is 22.2. The maximum absolute atomic E-state index is 12.0. The summed E-state index contributed by atoms with van der Waals surface area (Å²) < 4.78 is 0.111. The van der Waals surface area contributed by atoms with Crippen molar-refractivity contribution in [3.05, 3.63) is 12.2 Å². The summed E-state index contributed by atoms with van der Waals surface area (Å²) in [6, 6.07) is 0. The fraction of sp³-hybridized carbons (Fsp3) is 0.762. The van der Waals surface area contributed by atoms with Crippen LogP contribution >= 0.6 is 0 Å². The number of aliphatic hydroxyl groups is 1. The molecular weight excluding hydrogens is 415 g/mol. The van der Waals surface area contributed by atoms with E-state index >= 15 is 0 Å². The van der Waals surface area contributed by atoms with Gasteiger partial charge in [0, 0.05) is 12.3 Å². The largest absolute Gasteiger partial charge is 1.00 e. The molecule has 0 aliphatic heterocycles. The molecule has 3 unspecified atom stereocenters. The number of hydrogen-bond donors (Lipinski definition) is 3. The van der Waals surface area contributed by atoms with Crippen LogP contribution in [0.2, 0.25) is 0 Å². The number of carbonyl (C=O) groups excluding carboxylic acids is 2. The summed E-state index contributed by atoms with van der Waals surface area (Å²) in [5.41, 5.74) is 0. The van der Waals surface area contributed by atoms with Gasteiger partial charge in [0.05, 0.1) is 38.8 Å². The Kier molecular flexibility index (Phi) is 19.4. The Balaban J connectivity index is 0. The molecule has 168 valence electrons. The van der Waals surface area contributed by atoms with Crippen molar-refractivity contribution in [2.75, 3.05) is 39.3 Å². The molecule has 0 saturated carbocycles. The van der Waals surface area contributed by atoms with Gasteiger partial charge < -0.3 is 29.9 Å². The molecule has 0 spiro atoms. The van der Waals surface area contributed by atoms with E-state index in [0.29, 0.717) is 19.4 Å². The van der Waals surface area contributed by atoms with Crippen molar-refractivity contribution in [2.45, 2.75) is 52.9 Å². The number of aliphatic hydroxyl groups excluding tert-OH is 1. The number of carbonyl (C=O) groups is 3. The number of nitrogens with one attached hydrogen (secondary N) is 1. The summed E-state index contributed by atoms with van der Waals surface area (Å²) in [7, 11) is 0. The molecule has 0 radical (unpaired) electrons. The van der Waals surface area contributed by atoms with Gasteiger partial charge in [0.1, 0.15) is 12.5 Å². The van der Waals surface area contributed by atoms with Crippen LogP contribution < -0.4 is 61.8 Å². The average Bonchev–Trinajstić information content (AvgIpc) is 2.67. The molecular formula is C21H38KN2O6+. The van der Waals surface area contributed by atoms with Crippen LogP contribution in [0.3, 0.4) is 0 Å². The summed E-state index contributed by atoms with van der Waals surface area (Å²) in [4.78, 5) is 35.1. The number of allylic oxidation sites excluding steroid dienone is 1. The zero-order valence-electron chi connectivity index (χ0n) is 19.1. The number of nitrogens with zero attached hydrogens (tertiary/aromatic N) is 1. The number of hydrogen-bond acceptors (Lipinski definition) is 5. The average molecular weight is 454 g/mol. The Hall–Kier alpha value is -0.294. The SMILES string of the molecule is CCC/C=C/CC(=O)NCC[N+](CCO)(CC(CC)C(=O)[O-])CC(CC)C(=O)O.[K+]. The molecule has 0 aromatic carbocycles. The molecule has 0 saturated heterocycles. The van der Waals surface area contributed by atoms with Gasteiger partial charge in [-0.05, 0) is 19.3 Å². The fourth-order valence-corrected chi connectivity index (χ4v) is 3.43. The maximum atomic E-state index is 12.0. The first-order valence-corrected chi connectivity index (χ1v) is 10.6. The summed E-state index contributed by atoms with van der Waals surface area (Å²) >= 11 is 0. The molecule has 9 heteroatoms. The third-order valence-corrected chi connectivity index (χ3v) is 5.29. The molecule has 0 rings (SSSR count). The van der Waals surface area contributed by atoms with Gasteiger partial charge in [0.25, 0.3) is 0 Å². The topological polar surface area (TPSA) is 127 Å². The van der Waals surface area contributed by atoms with Crippen LogP contribution in [0.25, 0.3) is 0 Å². The predicted octanol–water partition coefficient (Wildman–Crippen LogP) is -2.45. The summed E-state index contributed by atoms with van der Waals surface area (Å²) in [5.74, 6) is -3.67. The molecule has 0 fully saturated rings. The van der Waals surface area contributed by atoms with Crippen molar-refractivity contribution < 1.29 is 85.6 Å². The van der Waals surface area contributed by atoms with Gasteiger partial charge >= 0.3 is 57.4 Å². The van der Waals surface area contributed by atoms with E-state index in [1.165, 1.54) is 0 Å². The number of rotatable bonds is 17. The number of carboxylic acids is 2. The molecule has 3 atom stereocenters. The number of quaternary nitrogens is 1. The smallest absolute Gasteiger partial charge is 0.550 e. The molecule has 0 bridgehead atoms. The van der Waals surface area contributed by atoms with Crippen molar-refractivity contribution in [3.8, 4) is 0 Å². The molecule has 8 nitrogen and oxygen atoms in total. The Morgan fingerprint density at radius 1 is 1.03 bits per heavy atom. The van der Waals surface area contributed by atoms with Gasteiger partial charge in [0.15, 0.2) is 0 Å². The van der Waals surface area contributed by atoms with Crippen molar-refractivity contribution in [2.24, 2.45) is 11.8 Å². The van der Waals surface area contributed by atoms with Gasteiger partial charge in [-0.3, -0.25) is 9.59 Å². The van der Waals surface area contributed by atoms with E-state index in [9.17, 15) is 29.7 Å². The number of unbranched alkanes of at least 4 members (excludes halogenated alkanes) is 1. The fourth-order valence-electron chi connectivity index (χ4n) is 3.43. The Morgan fingerprint density at radius 3 is 2.10 bits per heavy atom. The van der Waals surface area contributed by atoms with E-state index in [1.807, 2.05) is 12.2 Å². The molecule has 0 aliphatic carbocycles. The van der Waals surface area contributed by atoms with Crippen molar-refractivity contribution in [1.82, 2.24) is 5.32 Å². The van der Waals surface area contributed by atoms with E-state index < -0.39 is 23.8 Å². The van der Waals surface area contributed by atoms with Crippen LogP contribution in [0.15, 0.2) is 12.2 Å². The van der Waals surface area contributed by atoms with Gasteiger partial charge in [-0.1, -0.05) is 39.3 Å². The van der Waals surface area contributed by atoms with Gasteiger partial charge in [-0.25, -0.2) is 0 Å². The van der Waals surface area contributed by atoms with Crippen molar-refractivity contribution in [3.63, 3.8) is 0 Å². The first-order chi connectivity index (χ1) is 13.7.